The Balaban J connectivity index is 2.07. The van der Waals surface area contributed by atoms with Crippen molar-refractivity contribution in [1.29, 1.82) is 0 Å². The van der Waals surface area contributed by atoms with Gasteiger partial charge in [-0.2, -0.15) is 5.06 Å². The number of aliphatic carboxylic acids is 1. The SMILES string of the molecule is CC1(C)CC(C(CCc2ccc(N(CCCl)CCCl)cc2)C(=O)O)CC(C)(C)N1O. The average molecular weight is 459 g/mol. The van der Waals surface area contributed by atoms with E-state index in [9.17, 15) is 15.1 Å². The number of halogens is 2. The van der Waals surface area contributed by atoms with Gasteiger partial charge in [-0.1, -0.05) is 12.1 Å². The molecule has 0 aliphatic carbocycles. The smallest absolute Gasteiger partial charge is 0.306 e. The molecule has 2 rings (SSSR count). The van der Waals surface area contributed by atoms with Gasteiger partial charge in [0.2, 0.25) is 0 Å². The van der Waals surface area contributed by atoms with E-state index in [1.807, 2.05) is 27.7 Å². The number of alkyl halides is 2. The largest absolute Gasteiger partial charge is 0.481 e. The predicted molar refractivity (Wildman–Crippen MR) is 124 cm³/mol. The highest BCUT2D eigenvalue weighted by atomic mass is 35.5. The minimum Gasteiger partial charge on any atom is -0.481 e. The molecule has 1 aromatic rings. The van der Waals surface area contributed by atoms with E-state index in [0.717, 1.165) is 24.3 Å². The Morgan fingerprint density at radius 2 is 1.60 bits per heavy atom. The van der Waals surface area contributed by atoms with Crippen LogP contribution in [0.2, 0.25) is 0 Å². The molecule has 0 spiro atoms. The quantitative estimate of drug-likeness (QED) is 0.467. The topological polar surface area (TPSA) is 64.0 Å². The van der Waals surface area contributed by atoms with Gasteiger partial charge in [0.1, 0.15) is 0 Å². The molecule has 1 unspecified atom stereocenters. The van der Waals surface area contributed by atoms with Crippen LogP contribution in [0.15, 0.2) is 24.3 Å². The number of carbonyl (C=O) groups is 1. The van der Waals surface area contributed by atoms with Crippen molar-refractivity contribution in [2.45, 2.75) is 64.5 Å². The number of anilines is 1. The van der Waals surface area contributed by atoms with Gasteiger partial charge in [-0.15, -0.1) is 23.2 Å². The van der Waals surface area contributed by atoms with E-state index in [1.165, 1.54) is 5.06 Å². The number of hydroxylamine groups is 2. The van der Waals surface area contributed by atoms with Gasteiger partial charge in [0, 0.05) is 41.6 Å². The molecule has 1 aliphatic rings. The summed E-state index contributed by atoms with van der Waals surface area (Å²) < 4.78 is 0. The summed E-state index contributed by atoms with van der Waals surface area (Å²) >= 11 is 11.8. The monoisotopic (exact) mass is 458 g/mol. The molecular formula is C23H36Cl2N2O3. The molecule has 0 aromatic heterocycles. The minimum absolute atomic E-state index is 0.0260. The van der Waals surface area contributed by atoms with Gasteiger partial charge in [0.15, 0.2) is 0 Å². The number of benzene rings is 1. The fourth-order valence-electron chi connectivity index (χ4n) is 4.96. The van der Waals surface area contributed by atoms with E-state index in [0.29, 0.717) is 37.4 Å². The Hall–Kier alpha value is -1.01. The molecule has 1 fully saturated rings. The van der Waals surface area contributed by atoms with Crippen LogP contribution < -0.4 is 4.90 Å². The molecule has 5 nitrogen and oxygen atoms in total. The molecule has 30 heavy (non-hydrogen) atoms. The van der Waals surface area contributed by atoms with Crippen LogP contribution in [0.1, 0.15) is 52.5 Å². The number of nitrogens with zero attached hydrogens (tertiary/aromatic N) is 2. The second-order valence-corrected chi connectivity index (χ2v) is 10.4. The summed E-state index contributed by atoms with van der Waals surface area (Å²) in [6.45, 7) is 9.39. The van der Waals surface area contributed by atoms with Gasteiger partial charge >= 0.3 is 5.97 Å². The van der Waals surface area contributed by atoms with Crippen molar-refractivity contribution in [2.24, 2.45) is 11.8 Å². The highest BCUT2D eigenvalue weighted by Gasteiger charge is 2.48. The second-order valence-electron chi connectivity index (χ2n) is 9.62. The third-order valence-corrected chi connectivity index (χ3v) is 6.65. The third-order valence-electron chi connectivity index (χ3n) is 6.31. The summed E-state index contributed by atoms with van der Waals surface area (Å²) in [5, 5.41) is 21.9. The van der Waals surface area contributed by atoms with Crippen molar-refractivity contribution in [3.63, 3.8) is 0 Å². The number of aryl methyl sites for hydroxylation is 1. The van der Waals surface area contributed by atoms with E-state index in [1.54, 1.807) is 0 Å². The number of hydrogen-bond acceptors (Lipinski definition) is 4. The number of rotatable bonds is 10. The number of carboxylic acid groups (broad SMARTS) is 1. The zero-order valence-corrected chi connectivity index (χ0v) is 20.1. The lowest BCUT2D eigenvalue weighted by Crippen LogP contribution is -2.60. The number of carboxylic acids is 1. The maximum atomic E-state index is 12.1. The van der Waals surface area contributed by atoms with Gasteiger partial charge in [-0.05, 0) is 77.0 Å². The van der Waals surface area contributed by atoms with E-state index in [4.69, 9.17) is 23.2 Å². The van der Waals surface area contributed by atoms with Crippen molar-refractivity contribution in [2.75, 3.05) is 29.7 Å². The lowest BCUT2D eigenvalue weighted by atomic mass is 9.69. The highest BCUT2D eigenvalue weighted by molar-refractivity contribution is 6.18. The molecule has 7 heteroatoms. The second kappa shape index (κ2) is 10.5. The fraction of sp³-hybridized carbons (Fsp3) is 0.696. The molecule has 0 saturated carbocycles. The van der Waals surface area contributed by atoms with Crippen LogP contribution in [-0.2, 0) is 11.2 Å². The van der Waals surface area contributed by atoms with Crippen molar-refractivity contribution in [3.05, 3.63) is 29.8 Å². The first-order valence-electron chi connectivity index (χ1n) is 10.7. The fourth-order valence-corrected chi connectivity index (χ4v) is 5.37. The van der Waals surface area contributed by atoms with E-state index < -0.39 is 23.0 Å². The number of hydrogen-bond donors (Lipinski definition) is 2. The van der Waals surface area contributed by atoms with E-state index >= 15 is 0 Å². The summed E-state index contributed by atoms with van der Waals surface area (Å²) in [5.41, 5.74) is 1.31. The van der Waals surface area contributed by atoms with Crippen LogP contribution >= 0.6 is 23.2 Å². The number of piperidine rings is 1. The highest BCUT2D eigenvalue weighted by Crippen LogP contribution is 2.43. The summed E-state index contributed by atoms with van der Waals surface area (Å²) in [4.78, 5) is 14.3. The summed E-state index contributed by atoms with van der Waals surface area (Å²) in [5.74, 6) is -0.0691. The van der Waals surface area contributed by atoms with Crippen molar-refractivity contribution >= 4 is 34.9 Å². The molecule has 2 N–H and O–H groups in total. The van der Waals surface area contributed by atoms with Crippen molar-refractivity contribution in [1.82, 2.24) is 5.06 Å². The van der Waals surface area contributed by atoms with E-state index in [-0.39, 0.29) is 5.92 Å². The molecule has 1 aromatic carbocycles. The maximum absolute atomic E-state index is 12.1. The lowest BCUT2D eigenvalue weighted by molar-refractivity contribution is -0.254. The predicted octanol–water partition coefficient (Wildman–Crippen LogP) is 5.26. The molecule has 1 saturated heterocycles. The molecule has 0 bridgehead atoms. The summed E-state index contributed by atoms with van der Waals surface area (Å²) in [6.07, 6.45) is 2.62. The van der Waals surface area contributed by atoms with Gasteiger partial charge in [-0.3, -0.25) is 4.79 Å². The van der Waals surface area contributed by atoms with Crippen LogP contribution in [0.25, 0.3) is 0 Å². The molecule has 1 heterocycles. The first kappa shape index (κ1) is 25.3. The zero-order chi connectivity index (χ0) is 22.5. The van der Waals surface area contributed by atoms with Crippen LogP contribution in [-0.4, -0.2) is 57.3 Å². The standard InChI is InChI=1S/C23H36Cl2N2O3/c1-22(2)15-18(16-23(3,4)27(22)30)20(21(28)29)10-7-17-5-8-19(9-6-17)26(13-11-24)14-12-25/h5-6,8-9,18,20,30H,7,10-16H2,1-4H3,(H,28,29). The lowest BCUT2D eigenvalue weighted by Gasteiger charge is -2.52. The molecule has 170 valence electrons. The maximum Gasteiger partial charge on any atom is 0.306 e. The zero-order valence-electron chi connectivity index (χ0n) is 18.6. The Morgan fingerprint density at radius 3 is 2.03 bits per heavy atom. The first-order chi connectivity index (χ1) is 14.0. The third kappa shape index (κ3) is 6.25. The van der Waals surface area contributed by atoms with Gasteiger partial charge in [0.05, 0.1) is 5.92 Å². The molecule has 1 atom stereocenters. The van der Waals surface area contributed by atoms with Crippen LogP contribution in [0.4, 0.5) is 5.69 Å². The molecule has 1 aliphatic heterocycles. The average Bonchev–Trinajstić information content (AvgIpc) is 2.66. The van der Waals surface area contributed by atoms with Crippen LogP contribution in [0, 0.1) is 11.8 Å². The first-order valence-corrected chi connectivity index (χ1v) is 11.8. The molecule has 0 radical (unpaired) electrons. The Morgan fingerprint density at radius 1 is 1.10 bits per heavy atom. The van der Waals surface area contributed by atoms with Gasteiger partial charge in [-0.25, -0.2) is 0 Å². The summed E-state index contributed by atoms with van der Waals surface area (Å²) in [7, 11) is 0. The summed E-state index contributed by atoms with van der Waals surface area (Å²) in [6, 6.07) is 8.24. The van der Waals surface area contributed by atoms with Crippen LogP contribution in [0.5, 0.6) is 0 Å². The van der Waals surface area contributed by atoms with Gasteiger partial charge < -0.3 is 15.2 Å². The van der Waals surface area contributed by atoms with Crippen LogP contribution in [0.3, 0.4) is 0 Å². The molecule has 0 amide bonds. The normalized spacial score (nSPS) is 20.1. The van der Waals surface area contributed by atoms with Crippen molar-refractivity contribution in [3.8, 4) is 0 Å². The molecular weight excluding hydrogens is 423 g/mol. The van der Waals surface area contributed by atoms with Crippen molar-refractivity contribution < 1.29 is 15.1 Å². The minimum atomic E-state index is -0.745. The van der Waals surface area contributed by atoms with E-state index in [2.05, 4.69) is 29.2 Å². The Bertz CT molecular complexity index is 670. The Kier molecular flexibility index (Phi) is 8.87. The van der Waals surface area contributed by atoms with Gasteiger partial charge in [0.25, 0.3) is 0 Å². The Labute approximate surface area is 190 Å².